The van der Waals surface area contributed by atoms with Crippen LogP contribution in [-0.2, 0) is 11.4 Å². The second-order valence-electron chi connectivity index (χ2n) is 7.47. The molecule has 1 aromatic carbocycles. The number of hydrogen-bond acceptors (Lipinski definition) is 4. The average molecular weight is 401 g/mol. The molecule has 1 spiro atoms. The number of ether oxygens (including phenoxy) is 1. The van der Waals surface area contributed by atoms with Crippen molar-refractivity contribution in [3.05, 3.63) is 28.2 Å². The van der Waals surface area contributed by atoms with E-state index in [1.165, 1.54) is 0 Å². The van der Waals surface area contributed by atoms with E-state index in [2.05, 4.69) is 32.0 Å². The molecule has 2 N–H and O–H groups in total. The van der Waals surface area contributed by atoms with Gasteiger partial charge in [-0.2, -0.15) is 0 Å². The van der Waals surface area contributed by atoms with Crippen LogP contribution in [0.2, 0.25) is 0 Å². The van der Waals surface area contributed by atoms with E-state index in [9.17, 15) is 4.55 Å². The molecule has 1 fully saturated rings. The summed E-state index contributed by atoms with van der Waals surface area (Å²) in [6, 6.07) is 6.17. The zero-order valence-electron chi connectivity index (χ0n) is 13.9. The molecular formula is C17H25BrN2O2S. The smallest absolute Gasteiger partial charge is 0.136 e. The van der Waals surface area contributed by atoms with Gasteiger partial charge in [0.1, 0.15) is 16.1 Å². The first-order valence-electron chi connectivity index (χ1n) is 8.16. The van der Waals surface area contributed by atoms with Crippen LogP contribution in [0.5, 0.6) is 5.75 Å². The number of nitrogens with one attached hydrogen (secondary N) is 2. The summed E-state index contributed by atoms with van der Waals surface area (Å²) < 4.78 is 23.1. The van der Waals surface area contributed by atoms with Crippen LogP contribution in [0.25, 0.3) is 0 Å². The zero-order valence-corrected chi connectivity index (χ0v) is 16.4. The van der Waals surface area contributed by atoms with Crippen LogP contribution < -0.4 is 14.8 Å². The first kappa shape index (κ1) is 17.5. The molecule has 2 atom stereocenters. The van der Waals surface area contributed by atoms with Gasteiger partial charge in [-0.15, -0.1) is 4.72 Å². The topological polar surface area (TPSA) is 56.3 Å². The van der Waals surface area contributed by atoms with Crippen LogP contribution >= 0.6 is 15.9 Å². The van der Waals surface area contributed by atoms with Crippen molar-refractivity contribution in [2.24, 2.45) is 0 Å². The van der Waals surface area contributed by atoms with Crippen LogP contribution in [0.1, 0.15) is 51.6 Å². The molecule has 0 aromatic heterocycles. The van der Waals surface area contributed by atoms with E-state index in [1.54, 1.807) is 0 Å². The monoisotopic (exact) mass is 400 g/mol. The van der Waals surface area contributed by atoms with Gasteiger partial charge in [-0.1, -0.05) is 15.9 Å². The quantitative estimate of drug-likeness (QED) is 0.746. The van der Waals surface area contributed by atoms with E-state index in [1.807, 2.05) is 32.9 Å². The highest BCUT2D eigenvalue weighted by molar-refractivity contribution is 9.10. The first-order valence-corrected chi connectivity index (χ1v) is 10.1. The molecule has 23 heavy (non-hydrogen) atoms. The normalized spacial score (nSPS) is 24.8. The number of benzene rings is 1. The molecule has 3 rings (SSSR count). The van der Waals surface area contributed by atoms with Gasteiger partial charge in [0, 0.05) is 27.8 Å². The lowest BCUT2D eigenvalue weighted by atomic mass is 9.81. The number of rotatable bonds is 2. The molecule has 0 amide bonds. The minimum absolute atomic E-state index is 0.0504. The van der Waals surface area contributed by atoms with Crippen molar-refractivity contribution in [1.82, 2.24) is 10.0 Å². The third-order valence-corrected chi connectivity index (χ3v) is 6.67. The molecule has 128 valence electrons. The third-order valence-electron chi connectivity index (χ3n) is 4.57. The summed E-state index contributed by atoms with van der Waals surface area (Å²) in [4.78, 5) is 0. The summed E-state index contributed by atoms with van der Waals surface area (Å²) in [5, 5.41) is 3.40. The summed E-state index contributed by atoms with van der Waals surface area (Å²) in [5.41, 5.74) is 0.951. The molecule has 4 nitrogen and oxygen atoms in total. The van der Waals surface area contributed by atoms with E-state index in [0.29, 0.717) is 0 Å². The number of fused-ring (bicyclic) bond motifs is 1. The molecule has 2 heterocycles. The maximum absolute atomic E-state index is 12.6. The Morgan fingerprint density at radius 2 is 2.04 bits per heavy atom. The Bertz CT molecular complexity index is 570. The van der Waals surface area contributed by atoms with Gasteiger partial charge in [-0.3, -0.25) is 0 Å². The molecule has 2 aliphatic rings. The number of hydrogen-bond donors (Lipinski definition) is 2. The lowest BCUT2D eigenvalue weighted by Gasteiger charge is -2.45. The predicted octanol–water partition coefficient (Wildman–Crippen LogP) is 3.45. The van der Waals surface area contributed by atoms with E-state index in [0.717, 1.165) is 48.1 Å². The van der Waals surface area contributed by atoms with E-state index >= 15 is 0 Å². The summed E-state index contributed by atoms with van der Waals surface area (Å²) in [5.74, 6) is 0.921. The summed E-state index contributed by atoms with van der Waals surface area (Å²) in [6.45, 7) is 7.94. The van der Waals surface area contributed by atoms with Gasteiger partial charge < -0.3 is 14.6 Å². The lowest BCUT2D eigenvalue weighted by Crippen LogP contribution is -2.52. The average Bonchev–Trinajstić information content (AvgIpc) is 2.48. The SMILES string of the molecule is CC(C)(C)[S+]([O-])N[C@H]1CC2(CCNCC2)Oc2ccc(Br)cc21. The molecule has 1 unspecified atom stereocenters. The third kappa shape index (κ3) is 3.87. The Morgan fingerprint density at radius 1 is 1.35 bits per heavy atom. The van der Waals surface area contributed by atoms with Gasteiger partial charge in [0.05, 0.1) is 6.04 Å². The fraction of sp³-hybridized carbons (Fsp3) is 0.647. The standard InChI is InChI=1S/C17H25BrN2O2S/c1-16(2,3)23(21)20-14-11-17(6-8-19-9-7-17)22-15-5-4-12(18)10-13(14)15/h4-5,10,14,19-20H,6-9,11H2,1-3H3/t14-,23?/m0/s1. The second kappa shape index (κ2) is 6.56. The molecule has 1 aromatic rings. The van der Waals surface area contributed by atoms with Crippen molar-refractivity contribution in [3.8, 4) is 5.75 Å². The van der Waals surface area contributed by atoms with Crippen LogP contribution in [0.3, 0.4) is 0 Å². The van der Waals surface area contributed by atoms with Crippen molar-refractivity contribution in [3.63, 3.8) is 0 Å². The Kier molecular flexibility index (Phi) is 5.01. The van der Waals surface area contributed by atoms with Crippen LogP contribution in [0.15, 0.2) is 22.7 Å². The molecular weight excluding hydrogens is 376 g/mol. The highest BCUT2D eigenvalue weighted by Crippen LogP contribution is 2.44. The molecule has 6 heteroatoms. The second-order valence-corrected chi connectivity index (χ2v) is 10.4. The van der Waals surface area contributed by atoms with Crippen LogP contribution in [-0.4, -0.2) is 28.0 Å². The molecule has 1 saturated heterocycles. The number of piperidine rings is 1. The van der Waals surface area contributed by atoms with Gasteiger partial charge in [-0.25, -0.2) is 0 Å². The van der Waals surface area contributed by atoms with Crippen LogP contribution in [0.4, 0.5) is 0 Å². The maximum atomic E-state index is 12.6. The van der Waals surface area contributed by atoms with E-state index in [4.69, 9.17) is 4.74 Å². The van der Waals surface area contributed by atoms with Crippen molar-refractivity contribution in [2.45, 2.75) is 56.4 Å². The Morgan fingerprint density at radius 3 is 2.70 bits per heavy atom. The summed E-state index contributed by atoms with van der Waals surface area (Å²) >= 11 is 2.44. The summed E-state index contributed by atoms with van der Waals surface area (Å²) in [7, 11) is 0. The van der Waals surface area contributed by atoms with Crippen molar-refractivity contribution >= 4 is 27.3 Å². The Balaban J connectivity index is 1.91. The number of halogens is 1. The largest absolute Gasteiger partial charge is 0.598 e. The van der Waals surface area contributed by atoms with Gasteiger partial charge in [0.2, 0.25) is 0 Å². The van der Waals surface area contributed by atoms with Crippen molar-refractivity contribution in [2.75, 3.05) is 13.1 Å². The first-order chi connectivity index (χ1) is 10.8. The fourth-order valence-electron chi connectivity index (χ4n) is 3.24. The van der Waals surface area contributed by atoms with Crippen molar-refractivity contribution < 1.29 is 9.29 Å². The van der Waals surface area contributed by atoms with Crippen LogP contribution in [0, 0.1) is 0 Å². The van der Waals surface area contributed by atoms with Gasteiger partial charge in [-0.05, 0) is 64.9 Å². The van der Waals surface area contributed by atoms with Crippen molar-refractivity contribution in [1.29, 1.82) is 0 Å². The highest BCUT2D eigenvalue weighted by atomic mass is 79.9. The molecule has 0 saturated carbocycles. The molecule has 0 bridgehead atoms. The zero-order chi connectivity index (χ0) is 16.7. The maximum Gasteiger partial charge on any atom is 0.136 e. The predicted molar refractivity (Wildman–Crippen MR) is 98.0 cm³/mol. The molecule has 0 aliphatic carbocycles. The Hall–Kier alpha value is -0.270. The molecule has 2 aliphatic heterocycles. The summed E-state index contributed by atoms with van der Waals surface area (Å²) in [6.07, 6.45) is 2.84. The van der Waals surface area contributed by atoms with E-state index < -0.39 is 11.4 Å². The lowest BCUT2D eigenvalue weighted by molar-refractivity contribution is 0.00589. The van der Waals surface area contributed by atoms with E-state index in [-0.39, 0.29) is 16.4 Å². The van der Waals surface area contributed by atoms with Gasteiger partial charge in [0.15, 0.2) is 0 Å². The minimum Gasteiger partial charge on any atom is -0.598 e. The minimum atomic E-state index is -1.11. The van der Waals surface area contributed by atoms with Gasteiger partial charge in [0.25, 0.3) is 0 Å². The molecule has 0 radical (unpaired) electrons. The van der Waals surface area contributed by atoms with Gasteiger partial charge >= 0.3 is 0 Å². The highest BCUT2D eigenvalue weighted by Gasteiger charge is 2.44. The fourth-order valence-corrected chi connectivity index (χ4v) is 4.44. The Labute approximate surface area is 150 Å².